The number of rotatable bonds is 0. The summed E-state index contributed by atoms with van der Waals surface area (Å²) in [4.78, 5) is 8.01. The Morgan fingerprint density at radius 1 is 1.55 bits per heavy atom. The highest BCUT2D eigenvalue weighted by atomic mass is 35.5. The fraction of sp³-hybridized carbons (Fsp3) is 0.143. The molecule has 0 spiro atoms. The van der Waals surface area contributed by atoms with Crippen LogP contribution in [0.5, 0.6) is 0 Å². The smallest absolute Gasteiger partial charge is 0.142 e. The molecule has 3 nitrogen and oxygen atoms in total. The van der Waals surface area contributed by atoms with E-state index in [0.29, 0.717) is 16.7 Å². The maximum atomic E-state index is 5.67. The van der Waals surface area contributed by atoms with Crippen molar-refractivity contribution >= 4 is 22.6 Å². The number of dihydropyridines is 1. The number of nitrogens with two attached hydrogens (primary N) is 1. The third-order valence-electron chi connectivity index (χ3n) is 1.63. The molecule has 0 unspecified atom stereocenters. The van der Waals surface area contributed by atoms with Crippen molar-refractivity contribution in [2.24, 2.45) is 21.6 Å². The van der Waals surface area contributed by atoms with Crippen molar-refractivity contribution in [1.82, 2.24) is 0 Å². The van der Waals surface area contributed by atoms with Gasteiger partial charge in [-0.25, -0.2) is 9.98 Å². The van der Waals surface area contributed by atoms with Gasteiger partial charge in [0.1, 0.15) is 11.0 Å². The van der Waals surface area contributed by atoms with E-state index in [1.807, 2.05) is 6.08 Å². The average Bonchev–Trinajstić information content (AvgIpc) is 2.34. The number of hydrogen-bond acceptors (Lipinski definition) is 3. The first-order valence-electron chi connectivity index (χ1n) is 3.23. The molecule has 0 saturated carbocycles. The van der Waals surface area contributed by atoms with Crippen LogP contribution in [0.3, 0.4) is 0 Å². The Bertz CT molecular complexity index is 312. The highest BCUT2D eigenvalue weighted by Crippen LogP contribution is 2.21. The van der Waals surface area contributed by atoms with Crippen LogP contribution in [0.4, 0.5) is 0 Å². The largest absolute Gasteiger partial charge is 0.401 e. The fourth-order valence-electron chi connectivity index (χ4n) is 1.10. The lowest BCUT2D eigenvalue weighted by Gasteiger charge is -2.12. The van der Waals surface area contributed by atoms with Crippen LogP contribution in [-0.2, 0) is 0 Å². The van der Waals surface area contributed by atoms with Gasteiger partial charge in [0, 0.05) is 11.9 Å². The summed E-state index contributed by atoms with van der Waals surface area (Å²) >= 11 is 5.66. The predicted molar refractivity (Wildman–Crippen MR) is 45.6 cm³/mol. The lowest BCUT2D eigenvalue weighted by Crippen LogP contribution is -2.21. The molecule has 4 heteroatoms. The topological polar surface area (TPSA) is 50.7 Å². The van der Waals surface area contributed by atoms with E-state index in [4.69, 9.17) is 17.3 Å². The zero-order chi connectivity index (χ0) is 7.84. The molecule has 0 aliphatic carbocycles. The van der Waals surface area contributed by atoms with Crippen LogP contribution >= 0.6 is 11.6 Å². The number of allylic oxidation sites excluding steroid dienone is 1. The molecule has 0 aromatic carbocycles. The maximum Gasteiger partial charge on any atom is 0.142 e. The number of nitrogens with zero attached hydrogens (tertiary/aromatic N) is 2. The SMILES string of the molecule is NC1=CC(Cl)=NC2=NC=C[C@@H]12. The van der Waals surface area contributed by atoms with Crippen LogP contribution in [0, 0.1) is 5.92 Å². The first kappa shape index (κ1) is 6.61. The van der Waals surface area contributed by atoms with E-state index in [-0.39, 0.29) is 5.92 Å². The molecule has 0 bridgehead atoms. The Morgan fingerprint density at radius 3 is 3.18 bits per heavy atom. The molecular weight excluding hydrogens is 162 g/mol. The Kier molecular flexibility index (Phi) is 1.32. The van der Waals surface area contributed by atoms with Crippen molar-refractivity contribution in [2.75, 3.05) is 0 Å². The van der Waals surface area contributed by atoms with Gasteiger partial charge in [0.15, 0.2) is 0 Å². The van der Waals surface area contributed by atoms with Crippen LogP contribution in [0.15, 0.2) is 34.0 Å². The Morgan fingerprint density at radius 2 is 2.36 bits per heavy atom. The summed E-state index contributed by atoms with van der Waals surface area (Å²) < 4.78 is 0. The molecule has 2 aliphatic rings. The molecule has 0 saturated heterocycles. The van der Waals surface area contributed by atoms with Gasteiger partial charge < -0.3 is 5.73 Å². The lowest BCUT2D eigenvalue weighted by atomic mass is 10.0. The minimum Gasteiger partial charge on any atom is -0.401 e. The number of fused-ring (bicyclic) bond motifs is 1. The third kappa shape index (κ3) is 0.973. The molecule has 2 N–H and O–H groups in total. The zero-order valence-corrected chi connectivity index (χ0v) is 6.42. The van der Waals surface area contributed by atoms with Crippen molar-refractivity contribution in [2.45, 2.75) is 0 Å². The molecule has 1 atom stereocenters. The summed E-state index contributed by atoms with van der Waals surface area (Å²) in [6.45, 7) is 0. The van der Waals surface area contributed by atoms with Crippen molar-refractivity contribution in [3.05, 3.63) is 24.0 Å². The second-order valence-electron chi connectivity index (χ2n) is 2.39. The molecule has 0 fully saturated rings. The summed E-state index contributed by atoms with van der Waals surface area (Å²) in [6.07, 6.45) is 5.24. The van der Waals surface area contributed by atoms with E-state index in [9.17, 15) is 0 Å². The number of aliphatic imine (C=N–C) groups is 2. The highest BCUT2D eigenvalue weighted by molar-refractivity contribution is 6.69. The molecular formula is C7H6ClN3. The highest BCUT2D eigenvalue weighted by Gasteiger charge is 2.22. The van der Waals surface area contributed by atoms with E-state index >= 15 is 0 Å². The van der Waals surface area contributed by atoms with Crippen LogP contribution in [0.25, 0.3) is 0 Å². The Labute approximate surface area is 69.0 Å². The summed E-state index contributed by atoms with van der Waals surface area (Å²) in [5.74, 6) is 0.743. The van der Waals surface area contributed by atoms with Gasteiger partial charge in [-0.2, -0.15) is 0 Å². The normalized spacial score (nSPS) is 27.4. The van der Waals surface area contributed by atoms with Crippen molar-refractivity contribution in [1.29, 1.82) is 0 Å². The molecule has 56 valence electrons. The van der Waals surface area contributed by atoms with Gasteiger partial charge >= 0.3 is 0 Å². The van der Waals surface area contributed by atoms with Gasteiger partial charge in [0.25, 0.3) is 0 Å². The molecule has 0 aromatic rings. The first-order valence-corrected chi connectivity index (χ1v) is 3.61. The Balaban J connectivity index is 2.45. The molecule has 2 rings (SSSR count). The third-order valence-corrected chi connectivity index (χ3v) is 1.82. The monoisotopic (exact) mass is 167 g/mol. The maximum absolute atomic E-state index is 5.67. The Hall–Kier alpha value is -1.09. The molecule has 2 aliphatic heterocycles. The van der Waals surface area contributed by atoms with Crippen LogP contribution < -0.4 is 5.73 Å². The summed E-state index contributed by atoms with van der Waals surface area (Å²) in [5, 5.41) is 0.404. The van der Waals surface area contributed by atoms with Crippen molar-refractivity contribution < 1.29 is 0 Å². The molecule has 0 radical (unpaired) electrons. The van der Waals surface area contributed by atoms with E-state index < -0.39 is 0 Å². The van der Waals surface area contributed by atoms with Gasteiger partial charge in [0.05, 0.1) is 5.92 Å². The molecule has 0 amide bonds. The minimum absolute atomic E-state index is 0.0532. The van der Waals surface area contributed by atoms with Gasteiger partial charge in [-0.05, 0) is 12.2 Å². The van der Waals surface area contributed by atoms with Gasteiger partial charge in [-0.1, -0.05) is 11.6 Å². The van der Waals surface area contributed by atoms with Gasteiger partial charge in [-0.15, -0.1) is 0 Å². The van der Waals surface area contributed by atoms with Crippen LogP contribution in [0.2, 0.25) is 0 Å². The lowest BCUT2D eigenvalue weighted by molar-refractivity contribution is 0.997. The fourth-order valence-corrected chi connectivity index (χ4v) is 1.31. The summed E-state index contributed by atoms with van der Waals surface area (Å²) in [5.41, 5.74) is 6.38. The first-order chi connectivity index (χ1) is 5.27. The quantitative estimate of drug-likeness (QED) is 0.576. The minimum atomic E-state index is 0.0532. The second-order valence-corrected chi connectivity index (χ2v) is 2.77. The summed E-state index contributed by atoms with van der Waals surface area (Å²) in [6, 6.07) is 0. The van der Waals surface area contributed by atoms with Gasteiger partial charge in [-0.3, -0.25) is 0 Å². The number of hydrogen-bond donors (Lipinski definition) is 1. The second kappa shape index (κ2) is 2.20. The predicted octanol–water partition coefficient (Wildman–Crippen LogP) is 1.02. The van der Waals surface area contributed by atoms with Crippen molar-refractivity contribution in [3.8, 4) is 0 Å². The van der Waals surface area contributed by atoms with E-state index in [0.717, 1.165) is 0 Å². The molecule has 2 heterocycles. The van der Waals surface area contributed by atoms with E-state index in [2.05, 4.69) is 9.98 Å². The zero-order valence-electron chi connectivity index (χ0n) is 5.66. The molecule has 11 heavy (non-hydrogen) atoms. The van der Waals surface area contributed by atoms with E-state index in [1.54, 1.807) is 12.3 Å². The number of halogens is 1. The van der Waals surface area contributed by atoms with Crippen LogP contribution in [-0.4, -0.2) is 11.0 Å². The van der Waals surface area contributed by atoms with E-state index in [1.165, 1.54) is 0 Å². The van der Waals surface area contributed by atoms with Crippen molar-refractivity contribution in [3.63, 3.8) is 0 Å². The number of amidine groups is 1. The van der Waals surface area contributed by atoms with Crippen LogP contribution in [0.1, 0.15) is 0 Å². The standard InChI is InChI=1S/C7H6ClN3/c8-6-3-5(9)4-1-2-10-7(4)11-6/h1-4H,9H2/t4-/m0/s1. The average molecular weight is 168 g/mol. The summed E-state index contributed by atoms with van der Waals surface area (Å²) in [7, 11) is 0. The van der Waals surface area contributed by atoms with Gasteiger partial charge in [0.2, 0.25) is 0 Å². The molecule has 0 aromatic heterocycles.